The van der Waals surface area contributed by atoms with Gasteiger partial charge in [0.05, 0.1) is 5.69 Å². The molecule has 18 heavy (non-hydrogen) atoms. The van der Waals surface area contributed by atoms with E-state index in [1.165, 1.54) is 12.6 Å². The molecule has 1 aliphatic rings. The predicted octanol–water partition coefficient (Wildman–Crippen LogP) is 3.02. The number of aromatic nitrogens is 1. The van der Waals surface area contributed by atoms with Crippen LogP contribution in [-0.4, -0.2) is 22.1 Å². The average Bonchev–Trinajstić information content (AvgIpc) is 2.34. The summed E-state index contributed by atoms with van der Waals surface area (Å²) in [7, 11) is 0. The molecular weight excluding hydrogens is 228 g/mol. The second kappa shape index (κ2) is 5.38. The van der Waals surface area contributed by atoms with Crippen LogP contribution in [0.3, 0.4) is 0 Å². The van der Waals surface area contributed by atoms with Gasteiger partial charge in [-0.3, -0.25) is 0 Å². The van der Waals surface area contributed by atoms with E-state index in [1.54, 1.807) is 12.1 Å². The molecule has 2 rings (SSSR count). The number of pyridine rings is 1. The smallest absolute Gasteiger partial charge is 0.356 e. The van der Waals surface area contributed by atoms with Crippen LogP contribution in [0.15, 0.2) is 18.3 Å². The summed E-state index contributed by atoms with van der Waals surface area (Å²) < 4.78 is 0. The predicted molar refractivity (Wildman–Crippen MR) is 70.8 cm³/mol. The molecule has 0 aliphatic heterocycles. The second-order valence-electron chi connectivity index (χ2n) is 5.31. The molecule has 1 aliphatic carbocycles. The van der Waals surface area contributed by atoms with Crippen LogP contribution in [0.25, 0.3) is 0 Å². The second-order valence-corrected chi connectivity index (χ2v) is 5.31. The topological polar surface area (TPSA) is 62.2 Å². The Hall–Kier alpha value is -1.58. The molecule has 2 N–H and O–H groups in total. The summed E-state index contributed by atoms with van der Waals surface area (Å²) in [5.74, 6) is 0.465. The molecule has 1 saturated carbocycles. The first-order valence-corrected chi connectivity index (χ1v) is 6.52. The maximum Gasteiger partial charge on any atom is 0.356 e. The van der Waals surface area contributed by atoms with Crippen molar-refractivity contribution < 1.29 is 9.90 Å². The summed E-state index contributed by atoms with van der Waals surface area (Å²) in [6.45, 7) is 4.55. The number of carboxylic acids is 1. The van der Waals surface area contributed by atoms with E-state index in [4.69, 9.17) is 5.11 Å². The van der Waals surface area contributed by atoms with Crippen molar-refractivity contribution in [3.8, 4) is 0 Å². The van der Waals surface area contributed by atoms with Crippen molar-refractivity contribution in [1.29, 1.82) is 0 Å². The van der Waals surface area contributed by atoms with Gasteiger partial charge in [0.1, 0.15) is 0 Å². The Morgan fingerprint density at radius 2 is 2.17 bits per heavy atom. The Labute approximate surface area is 107 Å². The van der Waals surface area contributed by atoms with Gasteiger partial charge in [-0.05, 0) is 43.2 Å². The van der Waals surface area contributed by atoms with Crippen molar-refractivity contribution in [3.63, 3.8) is 0 Å². The maximum atomic E-state index is 11.1. The molecule has 0 amide bonds. The molecule has 1 aromatic heterocycles. The maximum absolute atomic E-state index is 11.1. The number of anilines is 1. The van der Waals surface area contributed by atoms with E-state index in [0.717, 1.165) is 18.8 Å². The lowest BCUT2D eigenvalue weighted by Gasteiger charge is -2.33. The third-order valence-electron chi connectivity index (χ3n) is 3.97. The Bertz CT molecular complexity index is 434. The largest absolute Gasteiger partial charge is 0.476 e. The van der Waals surface area contributed by atoms with Gasteiger partial charge in [0.25, 0.3) is 0 Å². The van der Waals surface area contributed by atoms with Gasteiger partial charge in [0.15, 0.2) is 5.69 Å². The Morgan fingerprint density at radius 1 is 1.39 bits per heavy atom. The van der Waals surface area contributed by atoms with Crippen LogP contribution in [0.2, 0.25) is 0 Å². The molecule has 0 radical (unpaired) electrons. The van der Waals surface area contributed by atoms with Crippen LogP contribution >= 0.6 is 0 Å². The van der Waals surface area contributed by atoms with Crippen molar-refractivity contribution in [2.24, 2.45) is 11.8 Å². The van der Waals surface area contributed by atoms with Gasteiger partial charge in [-0.2, -0.15) is 0 Å². The standard InChI is InChI=1S/C14H20N2O2/c1-9-5-6-11(8-10(9)2)16-12-4-3-7-15-13(12)14(17)18/h3-4,7,9-11,16H,5-6,8H2,1-2H3,(H,17,18). The first-order valence-electron chi connectivity index (χ1n) is 6.52. The van der Waals surface area contributed by atoms with Crippen LogP contribution in [0.5, 0.6) is 0 Å². The lowest BCUT2D eigenvalue weighted by Crippen LogP contribution is -2.31. The highest BCUT2D eigenvalue weighted by Crippen LogP contribution is 2.31. The zero-order valence-electron chi connectivity index (χ0n) is 10.9. The molecule has 1 heterocycles. The molecule has 1 aromatic rings. The number of nitrogens with zero attached hydrogens (tertiary/aromatic N) is 1. The summed E-state index contributed by atoms with van der Waals surface area (Å²) in [5.41, 5.74) is 0.750. The molecule has 0 bridgehead atoms. The molecular formula is C14H20N2O2. The van der Waals surface area contributed by atoms with Crippen molar-refractivity contribution in [2.75, 3.05) is 5.32 Å². The molecule has 0 saturated heterocycles. The highest BCUT2D eigenvalue weighted by atomic mass is 16.4. The minimum Gasteiger partial charge on any atom is -0.476 e. The number of carbonyl (C=O) groups is 1. The Balaban J connectivity index is 2.08. The number of hydrogen-bond donors (Lipinski definition) is 2. The SMILES string of the molecule is CC1CCC(Nc2cccnc2C(=O)O)CC1C. The van der Waals surface area contributed by atoms with E-state index < -0.39 is 5.97 Å². The van der Waals surface area contributed by atoms with E-state index in [0.29, 0.717) is 17.6 Å². The minimum absolute atomic E-state index is 0.115. The molecule has 3 unspecified atom stereocenters. The van der Waals surface area contributed by atoms with Gasteiger partial charge in [-0.25, -0.2) is 9.78 Å². The summed E-state index contributed by atoms with van der Waals surface area (Å²) in [6.07, 6.45) is 4.90. The van der Waals surface area contributed by atoms with Crippen LogP contribution in [-0.2, 0) is 0 Å². The number of carboxylic acid groups (broad SMARTS) is 1. The summed E-state index contributed by atoms with van der Waals surface area (Å²) >= 11 is 0. The minimum atomic E-state index is -0.977. The number of hydrogen-bond acceptors (Lipinski definition) is 3. The first-order chi connectivity index (χ1) is 8.58. The van der Waals surface area contributed by atoms with E-state index in [2.05, 4.69) is 24.1 Å². The van der Waals surface area contributed by atoms with E-state index in [-0.39, 0.29) is 5.69 Å². The Morgan fingerprint density at radius 3 is 2.83 bits per heavy atom. The lowest BCUT2D eigenvalue weighted by atomic mass is 9.79. The molecule has 3 atom stereocenters. The fraction of sp³-hybridized carbons (Fsp3) is 0.571. The summed E-state index contributed by atoms with van der Waals surface area (Å²) in [5, 5.41) is 12.4. The van der Waals surface area contributed by atoms with E-state index in [9.17, 15) is 4.79 Å². The monoisotopic (exact) mass is 248 g/mol. The summed E-state index contributed by atoms with van der Waals surface area (Å²) in [6, 6.07) is 3.92. The highest BCUT2D eigenvalue weighted by molar-refractivity contribution is 5.91. The normalized spacial score (nSPS) is 27.8. The number of rotatable bonds is 3. The number of nitrogens with one attached hydrogen (secondary N) is 1. The molecule has 98 valence electrons. The highest BCUT2D eigenvalue weighted by Gasteiger charge is 2.25. The summed E-state index contributed by atoms with van der Waals surface area (Å²) in [4.78, 5) is 15.0. The fourth-order valence-electron chi connectivity index (χ4n) is 2.59. The van der Waals surface area contributed by atoms with Gasteiger partial charge >= 0.3 is 5.97 Å². The van der Waals surface area contributed by atoms with Gasteiger partial charge in [0.2, 0.25) is 0 Å². The molecule has 4 heteroatoms. The van der Waals surface area contributed by atoms with Crippen molar-refractivity contribution in [2.45, 2.75) is 39.2 Å². The average molecular weight is 248 g/mol. The lowest BCUT2D eigenvalue weighted by molar-refractivity contribution is 0.0691. The zero-order chi connectivity index (χ0) is 13.1. The van der Waals surface area contributed by atoms with E-state index >= 15 is 0 Å². The fourth-order valence-corrected chi connectivity index (χ4v) is 2.59. The number of aromatic carboxylic acids is 1. The van der Waals surface area contributed by atoms with Crippen molar-refractivity contribution in [3.05, 3.63) is 24.0 Å². The van der Waals surface area contributed by atoms with Crippen LogP contribution in [0, 0.1) is 11.8 Å². The van der Waals surface area contributed by atoms with Gasteiger partial charge in [-0.1, -0.05) is 13.8 Å². The third kappa shape index (κ3) is 2.81. The van der Waals surface area contributed by atoms with Crippen molar-refractivity contribution in [1.82, 2.24) is 4.98 Å². The molecule has 1 fully saturated rings. The van der Waals surface area contributed by atoms with Gasteiger partial charge < -0.3 is 10.4 Å². The molecule has 4 nitrogen and oxygen atoms in total. The molecule has 0 spiro atoms. The Kier molecular flexibility index (Phi) is 3.84. The van der Waals surface area contributed by atoms with Crippen LogP contribution in [0.4, 0.5) is 5.69 Å². The molecule has 0 aromatic carbocycles. The van der Waals surface area contributed by atoms with Gasteiger partial charge in [-0.15, -0.1) is 0 Å². The van der Waals surface area contributed by atoms with Gasteiger partial charge in [0, 0.05) is 12.2 Å². The van der Waals surface area contributed by atoms with Crippen LogP contribution in [0.1, 0.15) is 43.6 Å². The first kappa shape index (κ1) is 12.9. The quantitative estimate of drug-likeness (QED) is 0.863. The van der Waals surface area contributed by atoms with Crippen LogP contribution < -0.4 is 5.32 Å². The van der Waals surface area contributed by atoms with E-state index in [1.807, 2.05) is 0 Å². The zero-order valence-corrected chi connectivity index (χ0v) is 10.9. The van der Waals surface area contributed by atoms with Crippen molar-refractivity contribution >= 4 is 11.7 Å². The third-order valence-corrected chi connectivity index (χ3v) is 3.97.